The summed E-state index contributed by atoms with van der Waals surface area (Å²) in [5, 5.41) is 0. The van der Waals surface area contributed by atoms with E-state index in [1.165, 1.54) is 12.8 Å². The molecule has 1 atom stereocenters. The van der Waals surface area contributed by atoms with Crippen molar-refractivity contribution >= 4 is 0 Å². The molecule has 1 unspecified atom stereocenters. The molecule has 0 radical (unpaired) electrons. The molecular weight excluding hydrogens is 176 g/mol. The Kier molecular flexibility index (Phi) is 2.61. The summed E-state index contributed by atoms with van der Waals surface area (Å²) in [5.74, 6) is 0.540. The van der Waals surface area contributed by atoms with Crippen LogP contribution in [0, 0.1) is 11.3 Å². The second-order valence-corrected chi connectivity index (χ2v) is 5.85. The highest BCUT2D eigenvalue weighted by Crippen LogP contribution is 2.41. The zero-order valence-electron chi connectivity index (χ0n) is 9.64. The van der Waals surface area contributed by atoms with Gasteiger partial charge in [-0.25, -0.2) is 0 Å². The van der Waals surface area contributed by atoms with Crippen molar-refractivity contribution in [3.05, 3.63) is 0 Å². The summed E-state index contributed by atoms with van der Waals surface area (Å²) in [6, 6.07) is 0. The minimum Gasteiger partial charge on any atom is -0.349 e. The van der Waals surface area contributed by atoms with E-state index in [2.05, 4.69) is 20.8 Å². The fourth-order valence-corrected chi connectivity index (χ4v) is 2.45. The Morgan fingerprint density at radius 1 is 1.14 bits per heavy atom. The molecule has 0 amide bonds. The molecule has 0 aromatic carbocycles. The van der Waals surface area contributed by atoms with Gasteiger partial charge in [-0.15, -0.1) is 0 Å². The third kappa shape index (κ3) is 2.12. The zero-order valence-corrected chi connectivity index (χ0v) is 9.64. The van der Waals surface area contributed by atoms with Gasteiger partial charge >= 0.3 is 0 Å². The molecule has 82 valence electrons. The smallest absolute Gasteiger partial charge is 0.168 e. The predicted molar refractivity (Wildman–Crippen MR) is 56.0 cm³/mol. The summed E-state index contributed by atoms with van der Waals surface area (Å²) in [6.07, 6.45) is 4.76. The van der Waals surface area contributed by atoms with E-state index in [-0.39, 0.29) is 11.2 Å². The lowest BCUT2D eigenvalue weighted by Crippen LogP contribution is -2.49. The van der Waals surface area contributed by atoms with Gasteiger partial charge in [-0.2, -0.15) is 0 Å². The lowest BCUT2D eigenvalue weighted by molar-refractivity contribution is -0.314. The lowest BCUT2D eigenvalue weighted by Gasteiger charge is -2.46. The van der Waals surface area contributed by atoms with Crippen molar-refractivity contribution in [2.45, 2.75) is 52.2 Å². The van der Waals surface area contributed by atoms with Crippen molar-refractivity contribution in [2.24, 2.45) is 11.3 Å². The van der Waals surface area contributed by atoms with Gasteiger partial charge in [0.25, 0.3) is 0 Å². The molecule has 14 heavy (non-hydrogen) atoms. The van der Waals surface area contributed by atoms with Crippen molar-refractivity contribution < 1.29 is 9.47 Å². The normalized spacial score (nSPS) is 35.8. The summed E-state index contributed by atoms with van der Waals surface area (Å²) in [5.41, 5.74) is 0.200. The van der Waals surface area contributed by atoms with E-state index < -0.39 is 0 Å². The minimum absolute atomic E-state index is 0.200. The third-order valence-corrected chi connectivity index (χ3v) is 3.37. The molecule has 2 rings (SSSR count). The summed E-state index contributed by atoms with van der Waals surface area (Å²) >= 11 is 0. The molecule has 0 bridgehead atoms. The largest absolute Gasteiger partial charge is 0.349 e. The van der Waals surface area contributed by atoms with Crippen LogP contribution in [0.15, 0.2) is 0 Å². The quantitative estimate of drug-likeness (QED) is 0.596. The average molecular weight is 198 g/mol. The van der Waals surface area contributed by atoms with Crippen molar-refractivity contribution in [1.82, 2.24) is 0 Å². The fourth-order valence-electron chi connectivity index (χ4n) is 2.45. The van der Waals surface area contributed by atoms with Gasteiger partial charge in [-0.05, 0) is 12.3 Å². The SMILES string of the molecule is CC1CCCC2(C1)OCC(C)(C)CO2. The van der Waals surface area contributed by atoms with Crippen LogP contribution in [0.4, 0.5) is 0 Å². The Bertz CT molecular complexity index is 200. The maximum Gasteiger partial charge on any atom is 0.168 e. The van der Waals surface area contributed by atoms with Crippen LogP contribution in [-0.4, -0.2) is 19.0 Å². The highest BCUT2D eigenvalue weighted by Gasteiger charge is 2.42. The van der Waals surface area contributed by atoms with Crippen molar-refractivity contribution in [2.75, 3.05) is 13.2 Å². The van der Waals surface area contributed by atoms with Gasteiger partial charge in [0, 0.05) is 18.3 Å². The summed E-state index contributed by atoms with van der Waals surface area (Å²) in [4.78, 5) is 0. The van der Waals surface area contributed by atoms with Crippen LogP contribution >= 0.6 is 0 Å². The predicted octanol–water partition coefficient (Wildman–Crippen LogP) is 2.97. The van der Waals surface area contributed by atoms with Crippen LogP contribution < -0.4 is 0 Å². The van der Waals surface area contributed by atoms with E-state index in [0.29, 0.717) is 0 Å². The summed E-state index contributed by atoms with van der Waals surface area (Å²) < 4.78 is 11.9. The van der Waals surface area contributed by atoms with E-state index in [1.54, 1.807) is 0 Å². The van der Waals surface area contributed by atoms with Gasteiger partial charge in [-0.3, -0.25) is 0 Å². The van der Waals surface area contributed by atoms with E-state index in [9.17, 15) is 0 Å². The zero-order chi connectivity index (χ0) is 10.2. The Morgan fingerprint density at radius 2 is 1.79 bits per heavy atom. The Balaban J connectivity index is 1.98. The average Bonchev–Trinajstić information content (AvgIpc) is 2.12. The minimum atomic E-state index is -0.215. The lowest BCUT2D eigenvalue weighted by atomic mass is 9.84. The van der Waals surface area contributed by atoms with E-state index in [4.69, 9.17) is 9.47 Å². The van der Waals surface area contributed by atoms with Crippen LogP contribution in [0.25, 0.3) is 0 Å². The molecule has 1 spiro atoms. The standard InChI is InChI=1S/C12H22O2/c1-10-5-4-6-12(7-10)13-8-11(2,3)9-14-12/h10H,4-9H2,1-3H3. The first-order chi connectivity index (χ1) is 6.52. The topological polar surface area (TPSA) is 18.5 Å². The van der Waals surface area contributed by atoms with Crippen LogP contribution in [-0.2, 0) is 9.47 Å². The molecule has 1 saturated heterocycles. The number of hydrogen-bond acceptors (Lipinski definition) is 2. The van der Waals surface area contributed by atoms with Gasteiger partial charge in [0.15, 0.2) is 5.79 Å². The molecule has 2 aliphatic rings. The van der Waals surface area contributed by atoms with Crippen LogP contribution in [0.3, 0.4) is 0 Å². The highest BCUT2D eigenvalue weighted by atomic mass is 16.7. The van der Waals surface area contributed by atoms with Crippen LogP contribution in [0.2, 0.25) is 0 Å². The Morgan fingerprint density at radius 3 is 2.36 bits per heavy atom. The van der Waals surface area contributed by atoms with Gasteiger partial charge < -0.3 is 9.47 Å². The van der Waals surface area contributed by atoms with Crippen molar-refractivity contribution in [3.8, 4) is 0 Å². The Hall–Kier alpha value is -0.0800. The molecule has 1 aliphatic heterocycles. The van der Waals surface area contributed by atoms with E-state index >= 15 is 0 Å². The van der Waals surface area contributed by atoms with Crippen molar-refractivity contribution in [1.29, 1.82) is 0 Å². The third-order valence-electron chi connectivity index (χ3n) is 3.37. The van der Waals surface area contributed by atoms with Gasteiger partial charge in [0.05, 0.1) is 13.2 Å². The molecule has 1 aliphatic carbocycles. The molecule has 2 nitrogen and oxygen atoms in total. The van der Waals surface area contributed by atoms with Crippen LogP contribution in [0.5, 0.6) is 0 Å². The monoisotopic (exact) mass is 198 g/mol. The van der Waals surface area contributed by atoms with Crippen LogP contribution in [0.1, 0.15) is 46.5 Å². The molecule has 1 saturated carbocycles. The first-order valence-corrected chi connectivity index (χ1v) is 5.79. The van der Waals surface area contributed by atoms with Gasteiger partial charge in [-0.1, -0.05) is 27.2 Å². The number of ether oxygens (including phenoxy) is 2. The molecule has 2 heteroatoms. The van der Waals surface area contributed by atoms with E-state index in [1.807, 2.05) is 0 Å². The van der Waals surface area contributed by atoms with Gasteiger partial charge in [0.2, 0.25) is 0 Å². The van der Waals surface area contributed by atoms with E-state index in [0.717, 1.165) is 32.0 Å². The second-order valence-electron chi connectivity index (χ2n) is 5.85. The molecule has 0 aromatic rings. The first kappa shape index (κ1) is 10.4. The molecule has 1 heterocycles. The number of hydrogen-bond donors (Lipinski definition) is 0. The summed E-state index contributed by atoms with van der Waals surface area (Å²) in [7, 11) is 0. The van der Waals surface area contributed by atoms with Crippen molar-refractivity contribution in [3.63, 3.8) is 0 Å². The molecular formula is C12H22O2. The molecule has 2 fully saturated rings. The molecule has 0 aromatic heterocycles. The van der Waals surface area contributed by atoms with Gasteiger partial charge in [0.1, 0.15) is 0 Å². The fraction of sp³-hybridized carbons (Fsp3) is 1.00. The molecule has 0 N–H and O–H groups in total. The highest BCUT2D eigenvalue weighted by molar-refractivity contribution is 4.84. The maximum atomic E-state index is 5.97. The Labute approximate surface area is 87.0 Å². The first-order valence-electron chi connectivity index (χ1n) is 5.79. The summed E-state index contributed by atoms with van der Waals surface area (Å²) in [6.45, 7) is 8.39. The number of rotatable bonds is 0. The second kappa shape index (κ2) is 3.49. The maximum absolute atomic E-state index is 5.97.